The monoisotopic (exact) mass is 218 g/mol. The number of hydrogen-bond acceptors (Lipinski definition) is 2. The van der Waals surface area contributed by atoms with Crippen LogP contribution in [0.15, 0.2) is 0 Å². The molecule has 0 aromatic rings. The highest BCUT2D eigenvalue weighted by atomic mass is 19.1. The summed E-state index contributed by atoms with van der Waals surface area (Å²) in [4.78, 5) is 4.46. The van der Waals surface area contributed by atoms with Crippen molar-refractivity contribution in [1.82, 2.24) is 9.80 Å². The first-order chi connectivity index (χ1) is 7.16. The summed E-state index contributed by atoms with van der Waals surface area (Å²) in [5.74, 6) is 0. The Kier molecular flexibility index (Phi) is 3.57. The van der Waals surface area contributed by atoms with Gasteiger partial charge in [-0.2, -0.15) is 0 Å². The van der Waals surface area contributed by atoms with Crippen LogP contribution >= 0.6 is 0 Å². The zero-order valence-corrected chi connectivity index (χ0v) is 9.33. The van der Waals surface area contributed by atoms with Crippen molar-refractivity contribution in [1.29, 1.82) is 0 Å². The van der Waals surface area contributed by atoms with E-state index in [1.165, 1.54) is 0 Å². The number of rotatable bonds is 1. The molecule has 2 aliphatic rings. The van der Waals surface area contributed by atoms with E-state index in [2.05, 4.69) is 16.8 Å². The van der Waals surface area contributed by atoms with Crippen LogP contribution in [0, 0.1) is 0 Å². The maximum Gasteiger partial charge on any atom is 0.118 e. The number of hydrogen-bond donors (Lipinski definition) is 0. The van der Waals surface area contributed by atoms with Crippen molar-refractivity contribution >= 4 is 0 Å². The Balaban J connectivity index is 1.87. The number of nitrogens with zero attached hydrogens (tertiary/aromatic N) is 2. The second-order valence-corrected chi connectivity index (χ2v) is 4.83. The lowest BCUT2D eigenvalue weighted by molar-refractivity contribution is 0.0201. The van der Waals surface area contributed by atoms with Gasteiger partial charge in [-0.1, -0.05) is 0 Å². The van der Waals surface area contributed by atoms with Crippen molar-refractivity contribution in [3.05, 3.63) is 0 Å². The first kappa shape index (κ1) is 11.3. The van der Waals surface area contributed by atoms with Crippen LogP contribution < -0.4 is 0 Å². The topological polar surface area (TPSA) is 6.48 Å². The average Bonchev–Trinajstić information content (AvgIpc) is 2.20. The van der Waals surface area contributed by atoms with Gasteiger partial charge >= 0.3 is 0 Å². The minimum Gasteiger partial charge on any atom is -0.304 e. The molecule has 0 radical (unpaired) electrons. The maximum atomic E-state index is 13.7. The SMILES string of the molecule is CN1CCN(C2CCC(F)CC2F)CC1. The van der Waals surface area contributed by atoms with Gasteiger partial charge in [0.25, 0.3) is 0 Å². The lowest BCUT2D eigenvalue weighted by Crippen LogP contribution is -2.53. The molecule has 1 aliphatic carbocycles. The van der Waals surface area contributed by atoms with Crippen molar-refractivity contribution in [2.45, 2.75) is 37.6 Å². The quantitative estimate of drug-likeness (QED) is 0.657. The largest absolute Gasteiger partial charge is 0.304 e. The van der Waals surface area contributed by atoms with Crippen LogP contribution in [0.4, 0.5) is 8.78 Å². The van der Waals surface area contributed by atoms with Crippen molar-refractivity contribution in [3.63, 3.8) is 0 Å². The molecule has 1 aliphatic heterocycles. The Morgan fingerprint density at radius 2 is 1.67 bits per heavy atom. The van der Waals surface area contributed by atoms with Gasteiger partial charge < -0.3 is 4.90 Å². The molecular weight excluding hydrogens is 198 g/mol. The van der Waals surface area contributed by atoms with E-state index in [1.54, 1.807) is 0 Å². The molecule has 3 atom stereocenters. The fraction of sp³-hybridized carbons (Fsp3) is 1.00. The van der Waals surface area contributed by atoms with Crippen LogP contribution in [0.5, 0.6) is 0 Å². The summed E-state index contributed by atoms with van der Waals surface area (Å²) in [7, 11) is 2.09. The van der Waals surface area contributed by atoms with Crippen molar-refractivity contribution in [2.75, 3.05) is 33.2 Å². The smallest absolute Gasteiger partial charge is 0.118 e. The molecule has 0 N–H and O–H groups in total. The molecule has 2 nitrogen and oxygen atoms in total. The Morgan fingerprint density at radius 1 is 1.00 bits per heavy atom. The molecule has 4 heteroatoms. The molecule has 15 heavy (non-hydrogen) atoms. The van der Waals surface area contributed by atoms with Crippen LogP contribution in [0.2, 0.25) is 0 Å². The highest BCUT2D eigenvalue weighted by molar-refractivity contribution is 4.88. The van der Waals surface area contributed by atoms with Crippen molar-refractivity contribution in [2.24, 2.45) is 0 Å². The Morgan fingerprint density at radius 3 is 2.27 bits per heavy atom. The van der Waals surface area contributed by atoms with Gasteiger partial charge in [0.05, 0.1) is 0 Å². The van der Waals surface area contributed by atoms with Crippen LogP contribution in [-0.2, 0) is 0 Å². The normalized spacial score (nSPS) is 40.6. The first-order valence-electron chi connectivity index (χ1n) is 5.87. The Hall–Kier alpha value is -0.220. The summed E-state index contributed by atoms with van der Waals surface area (Å²) < 4.78 is 26.7. The maximum absolute atomic E-state index is 13.7. The summed E-state index contributed by atoms with van der Waals surface area (Å²) in [6.45, 7) is 3.86. The second kappa shape index (κ2) is 4.74. The van der Waals surface area contributed by atoms with Gasteiger partial charge in [-0.3, -0.25) is 4.90 Å². The van der Waals surface area contributed by atoms with E-state index in [-0.39, 0.29) is 12.5 Å². The van der Waals surface area contributed by atoms with E-state index in [9.17, 15) is 8.78 Å². The lowest BCUT2D eigenvalue weighted by Gasteiger charge is -2.41. The molecule has 1 saturated heterocycles. The molecule has 2 rings (SSSR count). The van der Waals surface area contributed by atoms with Crippen LogP contribution in [-0.4, -0.2) is 61.4 Å². The number of likely N-dealkylation sites (N-methyl/N-ethyl adjacent to an activating group) is 1. The molecule has 0 aromatic heterocycles. The van der Waals surface area contributed by atoms with Gasteiger partial charge in [0.2, 0.25) is 0 Å². The predicted molar refractivity (Wildman–Crippen MR) is 56.5 cm³/mol. The first-order valence-corrected chi connectivity index (χ1v) is 5.87. The average molecular weight is 218 g/mol. The lowest BCUT2D eigenvalue weighted by atomic mass is 9.90. The Bertz CT molecular complexity index is 205. The molecule has 3 unspecified atom stereocenters. The van der Waals surface area contributed by atoms with Gasteiger partial charge in [-0.05, 0) is 19.9 Å². The summed E-state index contributed by atoms with van der Waals surface area (Å²) >= 11 is 0. The fourth-order valence-corrected chi connectivity index (χ4v) is 2.62. The summed E-state index contributed by atoms with van der Waals surface area (Å²) in [6, 6.07) is -0.0225. The van der Waals surface area contributed by atoms with Gasteiger partial charge in [-0.25, -0.2) is 8.78 Å². The third kappa shape index (κ3) is 2.67. The molecule has 88 valence electrons. The van der Waals surface area contributed by atoms with Gasteiger partial charge in [0.15, 0.2) is 0 Å². The molecular formula is C11H20F2N2. The molecule has 1 heterocycles. The van der Waals surface area contributed by atoms with E-state index < -0.39 is 12.3 Å². The summed E-state index contributed by atoms with van der Waals surface area (Å²) in [6.07, 6.45) is -0.540. The van der Waals surface area contributed by atoms with E-state index >= 15 is 0 Å². The predicted octanol–water partition coefficient (Wildman–Crippen LogP) is 1.46. The summed E-state index contributed by atoms with van der Waals surface area (Å²) in [5, 5.41) is 0. The van der Waals surface area contributed by atoms with Crippen LogP contribution in [0.25, 0.3) is 0 Å². The number of piperazine rings is 1. The fourth-order valence-electron chi connectivity index (χ4n) is 2.62. The highest BCUT2D eigenvalue weighted by Crippen LogP contribution is 2.28. The van der Waals surface area contributed by atoms with E-state index in [4.69, 9.17) is 0 Å². The zero-order chi connectivity index (χ0) is 10.8. The molecule has 0 bridgehead atoms. The molecule has 2 fully saturated rings. The van der Waals surface area contributed by atoms with Gasteiger partial charge in [0.1, 0.15) is 12.3 Å². The molecule has 0 spiro atoms. The summed E-state index contributed by atoms with van der Waals surface area (Å²) in [5.41, 5.74) is 0. The van der Waals surface area contributed by atoms with Crippen molar-refractivity contribution < 1.29 is 8.78 Å². The minimum atomic E-state index is -0.961. The molecule has 1 saturated carbocycles. The molecule has 0 aromatic carbocycles. The van der Waals surface area contributed by atoms with Crippen LogP contribution in [0.3, 0.4) is 0 Å². The van der Waals surface area contributed by atoms with E-state index in [0.29, 0.717) is 12.8 Å². The minimum absolute atomic E-state index is 0.0225. The van der Waals surface area contributed by atoms with Crippen LogP contribution in [0.1, 0.15) is 19.3 Å². The Labute approximate surface area is 90.2 Å². The second-order valence-electron chi connectivity index (χ2n) is 4.83. The third-order valence-corrected chi connectivity index (χ3v) is 3.68. The van der Waals surface area contributed by atoms with E-state index in [1.807, 2.05) is 0 Å². The van der Waals surface area contributed by atoms with E-state index in [0.717, 1.165) is 26.2 Å². The van der Waals surface area contributed by atoms with Gasteiger partial charge in [-0.15, -0.1) is 0 Å². The zero-order valence-electron chi connectivity index (χ0n) is 9.33. The van der Waals surface area contributed by atoms with Crippen molar-refractivity contribution in [3.8, 4) is 0 Å². The highest BCUT2D eigenvalue weighted by Gasteiger charge is 2.35. The molecule has 0 amide bonds. The number of halogens is 2. The third-order valence-electron chi connectivity index (χ3n) is 3.68. The number of alkyl halides is 2. The van der Waals surface area contributed by atoms with Gasteiger partial charge in [0, 0.05) is 38.6 Å². The standard InChI is InChI=1S/C11H20F2N2/c1-14-4-6-15(7-5-14)11-3-2-9(12)8-10(11)13/h9-11H,2-8H2,1H3.